The van der Waals surface area contributed by atoms with E-state index >= 15 is 0 Å². The molecule has 5 heteroatoms. The molecular weight excluding hydrogens is 292 g/mol. The minimum Gasteiger partial charge on any atom is -0.380 e. The third-order valence-electron chi connectivity index (χ3n) is 5.65. The highest BCUT2D eigenvalue weighted by Crippen LogP contribution is 2.24. The van der Waals surface area contributed by atoms with Gasteiger partial charge in [0.1, 0.15) is 0 Å². The zero-order valence-electron chi connectivity index (χ0n) is 14.5. The summed E-state index contributed by atoms with van der Waals surface area (Å²) in [5.74, 6) is 0.415. The topological polar surface area (TPSA) is 50.8 Å². The maximum Gasteiger partial charge on any atom is 0.223 e. The van der Waals surface area contributed by atoms with Crippen molar-refractivity contribution in [2.75, 3.05) is 32.9 Å². The highest BCUT2D eigenvalue weighted by molar-refractivity contribution is 5.79. The van der Waals surface area contributed by atoms with Crippen LogP contribution >= 0.6 is 0 Å². The Morgan fingerprint density at radius 2 is 2.00 bits per heavy atom. The van der Waals surface area contributed by atoms with Crippen LogP contribution in [0.5, 0.6) is 0 Å². The van der Waals surface area contributed by atoms with Crippen molar-refractivity contribution in [2.24, 2.45) is 5.92 Å². The number of nitrogens with zero attached hydrogens (tertiary/aromatic N) is 1. The summed E-state index contributed by atoms with van der Waals surface area (Å²) >= 11 is 0. The van der Waals surface area contributed by atoms with E-state index in [0.717, 1.165) is 77.9 Å². The fraction of sp³-hybridized carbons (Fsp3) is 0.944. The molecule has 0 radical (unpaired) electrons. The lowest BCUT2D eigenvalue weighted by Gasteiger charge is -2.36. The Morgan fingerprint density at radius 3 is 2.70 bits per heavy atom. The van der Waals surface area contributed by atoms with E-state index in [4.69, 9.17) is 9.47 Å². The maximum absolute atomic E-state index is 12.6. The van der Waals surface area contributed by atoms with Gasteiger partial charge in [-0.15, -0.1) is 0 Å². The van der Waals surface area contributed by atoms with E-state index in [1.54, 1.807) is 0 Å². The summed E-state index contributed by atoms with van der Waals surface area (Å²) in [6.07, 6.45) is 7.58. The molecule has 0 aromatic carbocycles. The van der Waals surface area contributed by atoms with Crippen molar-refractivity contribution in [3.05, 3.63) is 0 Å². The number of carbonyl (C=O) groups is 1. The molecule has 3 atom stereocenters. The maximum atomic E-state index is 12.6. The third-order valence-corrected chi connectivity index (χ3v) is 5.65. The zero-order valence-corrected chi connectivity index (χ0v) is 14.5. The van der Waals surface area contributed by atoms with Gasteiger partial charge in [-0.2, -0.15) is 0 Å². The number of hydrogen-bond donors (Lipinski definition) is 1. The van der Waals surface area contributed by atoms with Crippen LogP contribution in [-0.2, 0) is 14.3 Å². The molecule has 23 heavy (non-hydrogen) atoms. The van der Waals surface area contributed by atoms with Crippen LogP contribution in [0.25, 0.3) is 0 Å². The second kappa shape index (κ2) is 8.45. The fourth-order valence-corrected chi connectivity index (χ4v) is 4.18. The molecule has 3 aliphatic heterocycles. The lowest BCUT2D eigenvalue weighted by atomic mass is 9.92. The van der Waals surface area contributed by atoms with Crippen LogP contribution in [0.4, 0.5) is 0 Å². The first-order chi connectivity index (χ1) is 11.3. The average Bonchev–Trinajstić information content (AvgIpc) is 3.11. The number of hydrogen-bond acceptors (Lipinski definition) is 4. The molecule has 0 unspecified atom stereocenters. The van der Waals surface area contributed by atoms with Gasteiger partial charge in [0, 0.05) is 44.3 Å². The Bertz CT molecular complexity index is 374. The molecule has 3 aliphatic rings. The molecule has 3 rings (SSSR count). The van der Waals surface area contributed by atoms with Crippen molar-refractivity contribution in [1.29, 1.82) is 0 Å². The van der Waals surface area contributed by atoms with Gasteiger partial charge >= 0.3 is 0 Å². The first-order valence-corrected chi connectivity index (χ1v) is 9.50. The van der Waals surface area contributed by atoms with Crippen molar-refractivity contribution >= 4 is 5.91 Å². The Hall–Kier alpha value is -0.650. The molecule has 0 aromatic rings. The van der Waals surface area contributed by atoms with E-state index in [-0.39, 0.29) is 17.9 Å². The number of rotatable bonds is 5. The number of amides is 1. The molecule has 3 fully saturated rings. The molecule has 0 spiro atoms. The van der Waals surface area contributed by atoms with E-state index in [1.165, 1.54) is 0 Å². The first kappa shape index (κ1) is 17.2. The number of nitrogens with one attached hydrogen (secondary N) is 1. The van der Waals surface area contributed by atoms with Gasteiger partial charge in [0.25, 0.3) is 0 Å². The molecule has 132 valence electrons. The Balaban J connectivity index is 1.40. The van der Waals surface area contributed by atoms with E-state index in [1.807, 2.05) is 0 Å². The molecule has 0 aliphatic carbocycles. The van der Waals surface area contributed by atoms with E-state index in [0.29, 0.717) is 12.1 Å². The molecule has 3 heterocycles. The quantitative estimate of drug-likeness (QED) is 0.840. The average molecular weight is 324 g/mol. The van der Waals surface area contributed by atoms with Crippen molar-refractivity contribution in [2.45, 2.75) is 70.1 Å². The lowest BCUT2D eigenvalue weighted by molar-refractivity contribution is -0.131. The molecule has 5 nitrogen and oxygen atoms in total. The minimum absolute atomic E-state index is 0.154. The van der Waals surface area contributed by atoms with Crippen LogP contribution in [0, 0.1) is 5.92 Å². The SMILES string of the molecule is CCC[C@@H]1C[C@H](C(=O)NC2CCN([C@H]3CCOC3)CC2)CCO1. The largest absolute Gasteiger partial charge is 0.380 e. The predicted octanol–water partition coefficient (Wildman–Crippen LogP) is 1.95. The van der Waals surface area contributed by atoms with Crippen LogP contribution < -0.4 is 5.32 Å². The van der Waals surface area contributed by atoms with Gasteiger partial charge in [-0.3, -0.25) is 9.69 Å². The predicted molar refractivity (Wildman–Crippen MR) is 89.3 cm³/mol. The first-order valence-electron chi connectivity index (χ1n) is 9.50. The second-order valence-electron chi connectivity index (χ2n) is 7.34. The standard InChI is InChI=1S/C18H32N2O3/c1-2-3-17-12-14(6-11-23-17)18(21)19-15-4-8-20(9-5-15)16-7-10-22-13-16/h14-17H,2-13H2,1H3,(H,19,21)/t14-,16+,17-/m1/s1. The van der Waals surface area contributed by atoms with Crippen LogP contribution in [0.2, 0.25) is 0 Å². The Kier molecular flexibility index (Phi) is 6.31. The molecule has 1 amide bonds. The Morgan fingerprint density at radius 1 is 1.17 bits per heavy atom. The summed E-state index contributed by atoms with van der Waals surface area (Å²) in [6, 6.07) is 0.963. The van der Waals surface area contributed by atoms with Crippen molar-refractivity contribution in [3.63, 3.8) is 0 Å². The number of piperidine rings is 1. The fourth-order valence-electron chi connectivity index (χ4n) is 4.18. The minimum atomic E-state index is 0.154. The van der Waals surface area contributed by atoms with Crippen LogP contribution in [-0.4, -0.2) is 61.9 Å². The van der Waals surface area contributed by atoms with Crippen LogP contribution in [0.3, 0.4) is 0 Å². The zero-order chi connectivity index (χ0) is 16.1. The third kappa shape index (κ3) is 4.68. The summed E-state index contributed by atoms with van der Waals surface area (Å²) < 4.78 is 11.2. The monoisotopic (exact) mass is 324 g/mol. The summed E-state index contributed by atoms with van der Waals surface area (Å²) in [5, 5.41) is 3.31. The van der Waals surface area contributed by atoms with E-state index in [2.05, 4.69) is 17.1 Å². The van der Waals surface area contributed by atoms with Gasteiger partial charge in [0.15, 0.2) is 0 Å². The van der Waals surface area contributed by atoms with Gasteiger partial charge in [0.2, 0.25) is 5.91 Å². The second-order valence-corrected chi connectivity index (χ2v) is 7.34. The number of carbonyl (C=O) groups excluding carboxylic acids is 1. The lowest BCUT2D eigenvalue weighted by Crippen LogP contribution is -2.49. The van der Waals surface area contributed by atoms with E-state index < -0.39 is 0 Å². The summed E-state index contributed by atoms with van der Waals surface area (Å²) in [7, 11) is 0. The summed E-state index contributed by atoms with van der Waals surface area (Å²) in [4.78, 5) is 15.1. The van der Waals surface area contributed by atoms with Crippen molar-refractivity contribution in [1.82, 2.24) is 10.2 Å². The van der Waals surface area contributed by atoms with Gasteiger partial charge < -0.3 is 14.8 Å². The van der Waals surface area contributed by atoms with Gasteiger partial charge in [-0.1, -0.05) is 13.3 Å². The summed E-state index contributed by atoms with van der Waals surface area (Å²) in [5.41, 5.74) is 0. The number of likely N-dealkylation sites (tertiary alicyclic amines) is 1. The molecular formula is C18H32N2O3. The van der Waals surface area contributed by atoms with Crippen LogP contribution in [0.15, 0.2) is 0 Å². The van der Waals surface area contributed by atoms with E-state index in [9.17, 15) is 4.79 Å². The molecule has 3 saturated heterocycles. The molecule has 0 aromatic heterocycles. The van der Waals surface area contributed by atoms with Gasteiger partial charge in [-0.05, 0) is 38.5 Å². The normalized spacial score (nSPS) is 33.7. The summed E-state index contributed by atoms with van der Waals surface area (Å²) in [6.45, 7) is 6.89. The Labute approximate surface area is 140 Å². The van der Waals surface area contributed by atoms with Gasteiger partial charge in [-0.25, -0.2) is 0 Å². The number of ether oxygens (including phenoxy) is 2. The molecule has 1 N–H and O–H groups in total. The van der Waals surface area contributed by atoms with Crippen molar-refractivity contribution in [3.8, 4) is 0 Å². The van der Waals surface area contributed by atoms with Gasteiger partial charge in [0.05, 0.1) is 12.7 Å². The smallest absolute Gasteiger partial charge is 0.223 e. The highest BCUT2D eigenvalue weighted by Gasteiger charge is 2.31. The van der Waals surface area contributed by atoms with Crippen molar-refractivity contribution < 1.29 is 14.3 Å². The van der Waals surface area contributed by atoms with Crippen LogP contribution in [0.1, 0.15) is 51.9 Å². The highest BCUT2D eigenvalue weighted by atomic mass is 16.5. The molecule has 0 bridgehead atoms. The molecule has 0 saturated carbocycles.